The van der Waals surface area contributed by atoms with Gasteiger partial charge in [-0.3, -0.25) is 0 Å². The molecule has 1 aromatic carbocycles. The Kier molecular flexibility index (Phi) is 4.98. The molecule has 2 rings (SSSR count). The van der Waals surface area contributed by atoms with Crippen molar-refractivity contribution in [3.63, 3.8) is 0 Å². The molecule has 102 valence electrons. The average molecular weight is 258 g/mol. The first kappa shape index (κ1) is 14.1. The van der Waals surface area contributed by atoms with E-state index >= 15 is 0 Å². The summed E-state index contributed by atoms with van der Waals surface area (Å²) in [5.74, 6) is 6.54. The maximum Gasteiger partial charge on any atom is 0.0555 e. The molecule has 3 N–H and O–H groups in total. The Morgan fingerprint density at radius 3 is 2.58 bits per heavy atom. The number of aliphatic hydroxyl groups excluding tert-OH is 1. The van der Waals surface area contributed by atoms with Gasteiger partial charge < -0.3 is 15.7 Å². The summed E-state index contributed by atoms with van der Waals surface area (Å²) in [4.78, 5) is 2.32. The van der Waals surface area contributed by atoms with E-state index in [2.05, 4.69) is 35.9 Å². The van der Waals surface area contributed by atoms with E-state index < -0.39 is 0 Å². The molecule has 19 heavy (non-hydrogen) atoms. The van der Waals surface area contributed by atoms with E-state index in [-0.39, 0.29) is 6.10 Å². The van der Waals surface area contributed by atoms with Gasteiger partial charge in [-0.25, -0.2) is 0 Å². The van der Waals surface area contributed by atoms with Gasteiger partial charge in [0.05, 0.1) is 12.6 Å². The van der Waals surface area contributed by atoms with Gasteiger partial charge in [-0.1, -0.05) is 24.0 Å². The number of aliphatic hydroxyl groups is 1. The lowest BCUT2D eigenvalue weighted by Crippen LogP contribution is -2.36. The number of rotatable bonds is 4. The molecule has 3 heteroatoms. The Morgan fingerprint density at radius 2 is 2.00 bits per heavy atom. The minimum absolute atomic E-state index is 0.0567. The molecule has 0 unspecified atom stereocenters. The molecule has 0 saturated heterocycles. The van der Waals surface area contributed by atoms with Gasteiger partial charge in [-0.2, -0.15) is 0 Å². The Morgan fingerprint density at radius 1 is 1.32 bits per heavy atom. The molecule has 1 aliphatic carbocycles. The van der Waals surface area contributed by atoms with Crippen LogP contribution in [0.4, 0.5) is 0 Å². The van der Waals surface area contributed by atoms with E-state index in [1.165, 1.54) is 5.56 Å². The number of benzene rings is 1. The maximum absolute atomic E-state index is 9.28. The molecule has 0 bridgehead atoms. The largest absolute Gasteiger partial charge is 0.393 e. The highest BCUT2D eigenvalue weighted by atomic mass is 16.3. The molecule has 1 saturated carbocycles. The third kappa shape index (κ3) is 4.36. The molecule has 1 aliphatic rings. The molecule has 3 nitrogen and oxygen atoms in total. The van der Waals surface area contributed by atoms with Crippen LogP contribution in [0.25, 0.3) is 0 Å². The van der Waals surface area contributed by atoms with Crippen molar-refractivity contribution in [1.29, 1.82) is 0 Å². The van der Waals surface area contributed by atoms with Crippen molar-refractivity contribution in [3.05, 3.63) is 35.4 Å². The second kappa shape index (κ2) is 6.72. The maximum atomic E-state index is 9.28. The molecule has 1 fully saturated rings. The van der Waals surface area contributed by atoms with Crippen LogP contribution in [0, 0.1) is 17.8 Å². The molecule has 0 radical (unpaired) electrons. The summed E-state index contributed by atoms with van der Waals surface area (Å²) < 4.78 is 0. The number of hydrogen-bond donors (Lipinski definition) is 2. The van der Waals surface area contributed by atoms with Crippen LogP contribution >= 0.6 is 0 Å². The van der Waals surface area contributed by atoms with Crippen LogP contribution in [-0.4, -0.2) is 36.2 Å². The molecule has 0 atom stereocenters. The predicted octanol–water partition coefficient (Wildman–Crippen LogP) is 1.20. The van der Waals surface area contributed by atoms with E-state index in [1.54, 1.807) is 0 Å². The SMILES string of the molecule is CN(Cc1ccc(C#CCN)cc1)CC1CC(O)C1. The monoisotopic (exact) mass is 258 g/mol. The minimum atomic E-state index is -0.0567. The number of hydrogen-bond acceptors (Lipinski definition) is 3. The normalized spacial score (nSPS) is 21.7. The number of nitrogens with zero attached hydrogens (tertiary/aromatic N) is 1. The van der Waals surface area contributed by atoms with Crippen LogP contribution in [0.2, 0.25) is 0 Å². The highest BCUT2D eigenvalue weighted by Gasteiger charge is 2.27. The van der Waals surface area contributed by atoms with Gasteiger partial charge in [-0.15, -0.1) is 0 Å². The summed E-state index contributed by atoms with van der Waals surface area (Å²) in [6, 6.07) is 8.32. The Bertz CT molecular complexity index is 452. The lowest BCUT2D eigenvalue weighted by Gasteiger charge is -2.34. The second-order valence-electron chi connectivity index (χ2n) is 5.39. The van der Waals surface area contributed by atoms with Crippen molar-refractivity contribution in [2.45, 2.75) is 25.5 Å². The zero-order chi connectivity index (χ0) is 13.7. The van der Waals surface area contributed by atoms with E-state index in [0.29, 0.717) is 12.5 Å². The highest BCUT2D eigenvalue weighted by molar-refractivity contribution is 5.36. The Hall–Kier alpha value is -1.34. The summed E-state index contributed by atoms with van der Waals surface area (Å²) >= 11 is 0. The van der Waals surface area contributed by atoms with Gasteiger partial charge in [0.15, 0.2) is 0 Å². The highest BCUT2D eigenvalue weighted by Crippen LogP contribution is 2.27. The van der Waals surface area contributed by atoms with Crippen molar-refractivity contribution < 1.29 is 5.11 Å². The van der Waals surface area contributed by atoms with Crippen molar-refractivity contribution in [2.75, 3.05) is 20.1 Å². The summed E-state index contributed by atoms with van der Waals surface area (Å²) in [5, 5.41) is 9.28. The zero-order valence-electron chi connectivity index (χ0n) is 11.5. The molecular weight excluding hydrogens is 236 g/mol. The molecule has 1 aromatic rings. The van der Waals surface area contributed by atoms with Crippen LogP contribution < -0.4 is 5.73 Å². The molecule has 0 spiro atoms. The lowest BCUT2D eigenvalue weighted by atomic mass is 9.82. The van der Waals surface area contributed by atoms with Crippen LogP contribution in [-0.2, 0) is 6.54 Å². The first-order chi connectivity index (χ1) is 9.17. The minimum Gasteiger partial charge on any atom is -0.393 e. The van der Waals surface area contributed by atoms with E-state index in [4.69, 9.17) is 5.73 Å². The topological polar surface area (TPSA) is 49.5 Å². The van der Waals surface area contributed by atoms with Crippen LogP contribution in [0.1, 0.15) is 24.0 Å². The third-order valence-electron chi connectivity index (χ3n) is 3.52. The molecule has 0 amide bonds. The molecule has 0 aromatic heterocycles. The summed E-state index contributed by atoms with van der Waals surface area (Å²) in [7, 11) is 2.13. The van der Waals surface area contributed by atoms with Gasteiger partial charge in [0.2, 0.25) is 0 Å². The summed E-state index contributed by atoms with van der Waals surface area (Å²) in [6.07, 6.45) is 1.86. The first-order valence-corrected chi connectivity index (χ1v) is 6.82. The van der Waals surface area contributed by atoms with Gasteiger partial charge >= 0.3 is 0 Å². The number of nitrogens with two attached hydrogens (primary N) is 1. The van der Waals surface area contributed by atoms with Gasteiger partial charge in [-0.05, 0) is 43.5 Å². The van der Waals surface area contributed by atoms with Gasteiger partial charge in [0.1, 0.15) is 0 Å². The fourth-order valence-electron chi connectivity index (χ4n) is 2.51. The lowest BCUT2D eigenvalue weighted by molar-refractivity contribution is 0.0274. The smallest absolute Gasteiger partial charge is 0.0555 e. The molecular formula is C16H22N2O. The van der Waals surface area contributed by atoms with Crippen LogP contribution in [0.5, 0.6) is 0 Å². The van der Waals surface area contributed by atoms with Crippen molar-refractivity contribution in [1.82, 2.24) is 4.90 Å². The van der Waals surface area contributed by atoms with E-state index in [0.717, 1.165) is 31.5 Å². The van der Waals surface area contributed by atoms with Crippen molar-refractivity contribution in [3.8, 4) is 11.8 Å². The quantitative estimate of drug-likeness (QED) is 0.798. The van der Waals surface area contributed by atoms with Crippen LogP contribution in [0.15, 0.2) is 24.3 Å². The van der Waals surface area contributed by atoms with Gasteiger partial charge in [0.25, 0.3) is 0 Å². The summed E-state index contributed by atoms with van der Waals surface area (Å²) in [5.41, 5.74) is 7.65. The van der Waals surface area contributed by atoms with Crippen molar-refractivity contribution >= 4 is 0 Å². The standard InChI is InChI=1S/C16H22N2O/c1-18(12-15-9-16(19)10-15)11-14-6-4-13(5-7-14)3-2-8-17/h4-7,15-16,19H,8-12,17H2,1H3. The third-order valence-corrected chi connectivity index (χ3v) is 3.52. The van der Waals surface area contributed by atoms with E-state index in [1.807, 2.05) is 12.1 Å². The Balaban J connectivity index is 1.81. The predicted molar refractivity (Wildman–Crippen MR) is 77.4 cm³/mol. The van der Waals surface area contributed by atoms with Crippen molar-refractivity contribution in [2.24, 2.45) is 11.7 Å². The fourth-order valence-corrected chi connectivity index (χ4v) is 2.51. The second-order valence-corrected chi connectivity index (χ2v) is 5.39. The van der Waals surface area contributed by atoms with Crippen LogP contribution in [0.3, 0.4) is 0 Å². The average Bonchev–Trinajstić information content (AvgIpc) is 2.36. The fraction of sp³-hybridized carbons (Fsp3) is 0.500. The Labute approximate surface area is 115 Å². The molecule has 0 aliphatic heterocycles. The van der Waals surface area contributed by atoms with Gasteiger partial charge in [0, 0.05) is 18.7 Å². The molecule has 0 heterocycles. The zero-order valence-corrected chi connectivity index (χ0v) is 11.5. The first-order valence-electron chi connectivity index (χ1n) is 6.82. The summed E-state index contributed by atoms with van der Waals surface area (Å²) in [6.45, 7) is 2.40. The van der Waals surface area contributed by atoms with E-state index in [9.17, 15) is 5.11 Å².